The number of nitrogens with zero attached hydrogens (tertiary/aromatic N) is 2. The van der Waals surface area contributed by atoms with Crippen LogP contribution in [-0.4, -0.2) is 16.6 Å². The highest BCUT2D eigenvalue weighted by Gasteiger charge is 2.34. The van der Waals surface area contributed by atoms with Gasteiger partial charge in [0.1, 0.15) is 10.7 Å². The van der Waals surface area contributed by atoms with E-state index in [9.17, 15) is 9.59 Å². The first kappa shape index (κ1) is 23.7. The Kier molecular flexibility index (Phi) is 5.54. The highest BCUT2D eigenvalue weighted by atomic mass is 32.1. The fraction of sp³-hybridized carbons (Fsp3) is 0.0606. The topological polar surface area (TPSA) is 50.3 Å². The molecule has 6 aromatic rings. The quantitative estimate of drug-likeness (QED) is 0.165. The number of aryl methyl sites for hydroxylation is 2. The zero-order valence-corrected chi connectivity index (χ0v) is 22.9. The van der Waals surface area contributed by atoms with Crippen LogP contribution in [0.4, 0.5) is 16.4 Å². The van der Waals surface area contributed by atoms with Crippen molar-refractivity contribution >= 4 is 76.9 Å². The lowest BCUT2D eigenvalue weighted by Crippen LogP contribution is -2.08. The molecule has 0 aliphatic heterocycles. The Morgan fingerprint density at radius 2 is 1.33 bits per heavy atom. The van der Waals surface area contributed by atoms with E-state index in [1.807, 2.05) is 0 Å². The van der Waals surface area contributed by atoms with E-state index in [1.165, 1.54) is 15.8 Å². The highest BCUT2D eigenvalue weighted by molar-refractivity contribution is 7.23. The molecule has 0 bridgehead atoms. The van der Waals surface area contributed by atoms with E-state index in [-0.39, 0.29) is 22.8 Å². The molecule has 6 heteroatoms. The van der Waals surface area contributed by atoms with Crippen LogP contribution in [0.15, 0.2) is 96.7 Å². The maximum atomic E-state index is 12.8. The molecule has 3 aromatic carbocycles. The molecular formula is C33H22N2O2S2. The Morgan fingerprint density at radius 3 is 1.97 bits per heavy atom. The number of thiophene rings is 2. The molecule has 0 amide bonds. The zero-order chi connectivity index (χ0) is 26.7. The third-order valence-electron chi connectivity index (χ3n) is 7.01. The third kappa shape index (κ3) is 4.09. The summed E-state index contributed by atoms with van der Waals surface area (Å²) in [4.78, 5) is 32.9. The van der Waals surface area contributed by atoms with Crippen LogP contribution in [-0.2, 0) is 0 Å². The minimum absolute atomic E-state index is 0.186. The van der Waals surface area contributed by atoms with Crippen molar-refractivity contribution in [3.05, 3.63) is 124 Å². The molecule has 39 heavy (non-hydrogen) atoms. The van der Waals surface area contributed by atoms with Gasteiger partial charge in [0.2, 0.25) is 5.78 Å². The van der Waals surface area contributed by atoms with Gasteiger partial charge in [0.25, 0.3) is 0 Å². The summed E-state index contributed by atoms with van der Waals surface area (Å²) in [6.07, 6.45) is 3.26. The second kappa shape index (κ2) is 9.12. The molecule has 3 aromatic heterocycles. The molecule has 0 fully saturated rings. The van der Waals surface area contributed by atoms with Gasteiger partial charge in [-0.15, -0.1) is 22.7 Å². The number of ketones is 2. The van der Waals surface area contributed by atoms with Crippen molar-refractivity contribution in [3.63, 3.8) is 0 Å². The fourth-order valence-corrected chi connectivity index (χ4v) is 7.14. The van der Waals surface area contributed by atoms with Gasteiger partial charge in [-0.3, -0.25) is 14.6 Å². The molecule has 0 spiro atoms. The summed E-state index contributed by atoms with van der Waals surface area (Å²) in [6.45, 7) is 4.20. The largest absolute Gasteiger partial charge is 0.302 e. The highest BCUT2D eigenvalue weighted by Crippen LogP contribution is 2.43. The molecule has 1 aliphatic rings. The van der Waals surface area contributed by atoms with Crippen molar-refractivity contribution in [2.45, 2.75) is 13.8 Å². The first-order valence-corrected chi connectivity index (χ1v) is 14.2. The standard InChI is InChI=1S/C33H22N2O2S2/c1-19-5-9-23(10-6-19)35(24-11-7-20(2)8-12-24)30-17-22-16-28-21(15-29(22)39-30)14-25(38-28)18-27-32(36)26-4-3-13-34-31(26)33(27)37/h3-18H,1-2H3/b27-18+. The molecule has 0 saturated carbocycles. The van der Waals surface area contributed by atoms with E-state index in [0.717, 1.165) is 36.7 Å². The van der Waals surface area contributed by atoms with E-state index in [0.29, 0.717) is 5.56 Å². The Hall–Kier alpha value is -4.39. The van der Waals surface area contributed by atoms with Gasteiger partial charge >= 0.3 is 0 Å². The number of carbonyl (C=O) groups is 2. The van der Waals surface area contributed by atoms with Gasteiger partial charge in [-0.25, -0.2) is 0 Å². The molecule has 0 radical (unpaired) electrons. The van der Waals surface area contributed by atoms with Crippen LogP contribution >= 0.6 is 22.7 Å². The van der Waals surface area contributed by atoms with Crippen molar-refractivity contribution in [2.75, 3.05) is 4.90 Å². The summed E-state index contributed by atoms with van der Waals surface area (Å²) >= 11 is 3.34. The van der Waals surface area contributed by atoms with Crippen molar-refractivity contribution in [1.82, 2.24) is 4.98 Å². The number of hydrogen-bond donors (Lipinski definition) is 0. The molecule has 4 nitrogen and oxygen atoms in total. The van der Waals surface area contributed by atoms with Crippen LogP contribution in [0.2, 0.25) is 0 Å². The van der Waals surface area contributed by atoms with Gasteiger partial charge in [0.15, 0.2) is 5.78 Å². The van der Waals surface area contributed by atoms with E-state index in [1.54, 1.807) is 47.1 Å². The summed E-state index contributed by atoms with van der Waals surface area (Å²) in [5, 5.41) is 3.40. The van der Waals surface area contributed by atoms with Crippen LogP contribution in [0.1, 0.15) is 36.9 Å². The number of anilines is 3. The molecule has 3 heterocycles. The van der Waals surface area contributed by atoms with E-state index in [2.05, 4.69) is 96.5 Å². The number of pyridine rings is 1. The maximum Gasteiger partial charge on any atom is 0.216 e. The van der Waals surface area contributed by atoms with Crippen LogP contribution in [0.3, 0.4) is 0 Å². The fourth-order valence-electron chi connectivity index (χ4n) is 4.97. The smallest absolute Gasteiger partial charge is 0.216 e. The number of hydrogen-bond acceptors (Lipinski definition) is 6. The van der Waals surface area contributed by atoms with Crippen LogP contribution < -0.4 is 4.90 Å². The number of benzene rings is 3. The van der Waals surface area contributed by atoms with Gasteiger partial charge < -0.3 is 4.90 Å². The Balaban J connectivity index is 1.28. The van der Waals surface area contributed by atoms with Gasteiger partial charge in [-0.2, -0.15) is 0 Å². The van der Waals surface area contributed by atoms with Crippen molar-refractivity contribution in [3.8, 4) is 0 Å². The van der Waals surface area contributed by atoms with Gasteiger partial charge in [0.05, 0.1) is 11.1 Å². The maximum absolute atomic E-state index is 12.8. The van der Waals surface area contributed by atoms with Gasteiger partial charge in [-0.05, 0) is 91.4 Å². The van der Waals surface area contributed by atoms with Crippen molar-refractivity contribution < 1.29 is 9.59 Å². The number of carbonyl (C=O) groups excluding carboxylic acids is 2. The lowest BCUT2D eigenvalue weighted by atomic mass is 10.1. The van der Waals surface area contributed by atoms with Crippen molar-refractivity contribution in [2.24, 2.45) is 0 Å². The molecule has 1 aliphatic carbocycles. The Morgan fingerprint density at radius 1 is 0.718 bits per heavy atom. The van der Waals surface area contributed by atoms with Crippen LogP contribution in [0, 0.1) is 13.8 Å². The van der Waals surface area contributed by atoms with Gasteiger partial charge in [-0.1, -0.05) is 35.4 Å². The predicted molar refractivity (Wildman–Crippen MR) is 162 cm³/mol. The number of fused-ring (bicyclic) bond motifs is 3. The summed E-state index contributed by atoms with van der Waals surface area (Å²) in [6, 6.07) is 29.3. The first-order chi connectivity index (χ1) is 18.9. The Bertz CT molecular complexity index is 1830. The first-order valence-electron chi connectivity index (χ1n) is 12.6. The van der Waals surface area contributed by atoms with E-state index < -0.39 is 0 Å². The molecule has 7 rings (SSSR count). The SMILES string of the molecule is Cc1ccc(N(c2ccc(C)cc2)c2cc3cc4sc(/C=C5\C(=O)c6cccnc6C5=O)cc4cc3s2)cc1. The minimum Gasteiger partial charge on any atom is -0.302 e. The second-order valence-electron chi connectivity index (χ2n) is 9.78. The molecule has 0 N–H and O–H groups in total. The average molecular weight is 543 g/mol. The normalized spacial score (nSPS) is 14.1. The molecule has 0 saturated heterocycles. The summed E-state index contributed by atoms with van der Waals surface area (Å²) in [5.74, 6) is -0.551. The molecular weight excluding hydrogens is 521 g/mol. The van der Waals surface area contributed by atoms with Crippen molar-refractivity contribution in [1.29, 1.82) is 0 Å². The molecule has 0 atom stereocenters. The summed E-state index contributed by atoms with van der Waals surface area (Å²) in [5.41, 5.74) is 5.51. The Labute approximate surface area is 233 Å². The minimum atomic E-state index is -0.300. The number of Topliss-reactive ketones (excluding diaryl/α,β-unsaturated/α-hetero) is 2. The monoisotopic (exact) mass is 542 g/mol. The average Bonchev–Trinajstić information content (AvgIpc) is 3.60. The van der Waals surface area contributed by atoms with E-state index in [4.69, 9.17) is 0 Å². The molecule has 0 unspecified atom stereocenters. The van der Waals surface area contributed by atoms with Crippen LogP contribution in [0.5, 0.6) is 0 Å². The van der Waals surface area contributed by atoms with Crippen LogP contribution in [0.25, 0.3) is 26.2 Å². The van der Waals surface area contributed by atoms with Gasteiger partial charge in [0, 0.05) is 31.8 Å². The number of allylic oxidation sites excluding steroid dienone is 1. The second-order valence-corrected chi connectivity index (χ2v) is 12.0. The zero-order valence-electron chi connectivity index (χ0n) is 21.3. The summed E-state index contributed by atoms with van der Waals surface area (Å²) < 4.78 is 2.30. The lowest BCUT2D eigenvalue weighted by Gasteiger charge is -2.23. The number of aromatic nitrogens is 1. The third-order valence-corrected chi connectivity index (χ3v) is 9.14. The number of rotatable bonds is 4. The molecule has 188 valence electrons. The lowest BCUT2D eigenvalue weighted by molar-refractivity contribution is 0.0989. The summed E-state index contributed by atoms with van der Waals surface area (Å²) in [7, 11) is 0. The van der Waals surface area contributed by atoms with E-state index >= 15 is 0 Å². The predicted octanol–water partition coefficient (Wildman–Crippen LogP) is 9.06.